The Morgan fingerprint density at radius 1 is 1.29 bits per heavy atom. The normalized spacial score (nSPS) is 16.5. The zero-order valence-electron chi connectivity index (χ0n) is 16.8. The zero-order valence-corrected chi connectivity index (χ0v) is 16.8. The minimum atomic E-state index is -0.110. The van der Waals surface area contributed by atoms with Gasteiger partial charge in [0.15, 0.2) is 0 Å². The molecule has 1 N–H and O–H groups in total. The minimum absolute atomic E-state index is 0.0105. The number of nitrogens with zero attached hydrogens (tertiary/aromatic N) is 3. The van der Waals surface area contributed by atoms with Crippen LogP contribution in [0.15, 0.2) is 42.7 Å². The van der Waals surface area contributed by atoms with Gasteiger partial charge in [-0.05, 0) is 49.9 Å². The van der Waals surface area contributed by atoms with Gasteiger partial charge in [-0.2, -0.15) is 0 Å². The average molecular weight is 380 g/mol. The monoisotopic (exact) mass is 380 g/mol. The van der Waals surface area contributed by atoms with Crippen molar-refractivity contribution in [3.05, 3.63) is 59.4 Å². The Morgan fingerprint density at radius 2 is 2.11 bits per heavy atom. The summed E-state index contributed by atoms with van der Waals surface area (Å²) in [5.74, 6) is 0.0190. The van der Waals surface area contributed by atoms with Gasteiger partial charge in [-0.1, -0.05) is 23.8 Å². The number of aromatic nitrogens is 1. The molecule has 1 aromatic heterocycles. The third-order valence-corrected chi connectivity index (χ3v) is 5.23. The van der Waals surface area contributed by atoms with Crippen molar-refractivity contribution >= 4 is 17.6 Å². The lowest BCUT2D eigenvalue weighted by Crippen LogP contribution is -2.51. The highest BCUT2D eigenvalue weighted by atomic mass is 16.2. The summed E-state index contributed by atoms with van der Waals surface area (Å²) in [7, 11) is 0. The molecule has 1 fully saturated rings. The van der Waals surface area contributed by atoms with Gasteiger partial charge >= 0.3 is 6.03 Å². The number of urea groups is 1. The SMILES string of the molecule is CC(=O)N(Cc1cccnc1)[C@H]1CCCN(C(=O)Nc2ccc(C)cc2C)C1. The molecule has 1 atom stereocenters. The second-order valence-electron chi connectivity index (χ2n) is 7.50. The van der Waals surface area contributed by atoms with E-state index in [-0.39, 0.29) is 18.0 Å². The molecule has 0 spiro atoms. The highest BCUT2D eigenvalue weighted by Gasteiger charge is 2.29. The second kappa shape index (κ2) is 8.87. The van der Waals surface area contributed by atoms with E-state index >= 15 is 0 Å². The van der Waals surface area contributed by atoms with Crippen molar-refractivity contribution in [1.82, 2.24) is 14.8 Å². The Bertz CT molecular complexity index is 838. The topological polar surface area (TPSA) is 65.5 Å². The Balaban J connectivity index is 1.67. The molecular formula is C22H28N4O2. The largest absolute Gasteiger partial charge is 0.334 e. The molecule has 6 heteroatoms. The van der Waals surface area contributed by atoms with Gasteiger partial charge in [0.25, 0.3) is 0 Å². The summed E-state index contributed by atoms with van der Waals surface area (Å²) in [6.07, 6.45) is 5.28. The lowest BCUT2D eigenvalue weighted by molar-refractivity contribution is -0.132. The third-order valence-electron chi connectivity index (χ3n) is 5.23. The maximum Gasteiger partial charge on any atom is 0.321 e. The minimum Gasteiger partial charge on any atom is -0.334 e. The van der Waals surface area contributed by atoms with Crippen LogP contribution in [0.4, 0.5) is 10.5 Å². The van der Waals surface area contributed by atoms with E-state index in [0.717, 1.165) is 29.7 Å². The van der Waals surface area contributed by atoms with E-state index in [1.807, 2.05) is 47.9 Å². The molecule has 0 saturated carbocycles. The van der Waals surface area contributed by atoms with Crippen molar-refractivity contribution in [2.24, 2.45) is 0 Å². The first-order chi connectivity index (χ1) is 13.4. The molecule has 28 heavy (non-hydrogen) atoms. The van der Waals surface area contributed by atoms with Gasteiger partial charge in [-0.15, -0.1) is 0 Å². The number of rotatable bonds is 4. The van der Waals surface area contributed by atoms with Crippen molar-refractivity contribution < 1.29 is 9.59 Å². The maximum atomic E-state index is 12.8. The number of hydrogen-bond acceptors (Lipinski definition) is 3. The molecule has 6 nitrogen and oxygen atoms in total. The number of anilines is 1. The number of carbonyl (C=O) groups excluding carboxylic acids is 2. The molecule has 1 aromatic carbocycles. The molecule has 2 aromatic rings. The summed E-state index contributed by atoms with van der Waals surface area (Å²) in [6, 6.07) is 9.73. The highest BCUT2D eigenvalue weighted by molar-refractivity contribution is 5.90. The van der Waals surface area contributed by atoms with Gasteiger partial charge in [-0.25, -0.2) is 4.79 Å². The van der Waals surface area contributed by atoms with Crippen molar-refractivity contribution in [2.75, 3.05) is 18.4 Å². The van der Waals surface area contributed by atoms with Crippen LogP contribution < -0.4 is 5.32 Å². The Labute approximate surface area is 166 Å². The number of amides is 3. The standard InChI is InChI=1S/C22H28N4O2/c1-16-8-9-21(17(2)12-16)24-22(28)25-11-5-7-20(15-25)26(18(3)27)14-19-6-4-10-23-13-19/h4,6,8-10,12-13,20H,5,7,11,14-15H2,1-3H3,(H,24,28)/t20-/m0/s1. The van der Waals surface area contributed by atoms with E-state index in [1.54, 1.807) is 19.3 Å². The van der Waals surface area contributed by atoms with Crippen LogP contribution in [0.5, 0.6) is 0 Å². The van der Waals surface area contributed by atoms with Crippen molar-refractivity contribution in [2.45, 2.75) is 46.2 Å². The van der Waals surface area contributed by atoms with Gasteiger partial charge in [0.1, 0.15) is 0 Å². The molecule has 3 rings (SSSR count). The number of likely N-dealkylation sites (tertiary alicyclic amines) is 1. The van der Waals surface area contributed by atoms with Crippen LogP contribution in [0.3, 0.4) is 0 Å². The van der Waals surface area contributed by atoms with E-state index in [0.29, 0.717) is 19.6 Å². The van der Waals surface area contributed by atoms with Gasteiger partial charge in [0, 0.05) is 50.7 Å². The number of aryl methyl sites for hydroxylation is 2. The highest BCUT2D eigenvalue weighted by Crippen LogP contribution is 2.21. The predicted octanol–water partition coefficient (Wildman–Crippen LogP) is 3.74. The zero-order chi connectivity index (χ0) is 20.1. The summed E-state index contributed by atoms with van der Waals surface area (Å²) in [4.78, 5) is 32.9. The van der Waals surface area contributed by atoms with Crippen molar-refractivity contribution in [3.63, 3.8) is 0 Å². The molecule has 148 valence electrons. The van der Waals surface area contributed by atoms with Crippen LogP contribution in [0.2, 0.25) is 0 Å². The number of nitrogens with one attached hydrogen (secondary N) is 1. The lowest BCUT2D eigenvalue weighted by atomic mass is 10.0. The van der Waals surface area contributed by atoms with Gasteiger partial charge in [0.2, 0.25) is 5.91 Å². The van der Waals surface area contributed by atoms with E-state index in [9.17, 15) is 9.59 Å². The van der Waals surface area contributed by atoms with Crippen LogP contribution in [0.1, 0.15) is 36.5 Å². The van der Waals surface area contributed by atoms with Crippen LogP contribution in [0, 0.1) is 13.8 Å². The fourth-order valence-corrected chi connectivity index (χ4v) is 3.73. The molecule has 1 aliphatic heterocycles. The van der Waals surface area contributed by atoms with Crippen LogP contribution >= 0.6 is 0 Å². The number of hydrogen-bond donors (Lipinski definition) is 1. The van der Waals surface area contributed by atoms with E-state index in [1.165, 1.54) is 5.56 Å². The molecule has 1 saturated heterocycles. The summed E-state index contributed by atoms with van der Waals surface area (Å²) < 4.78 is 0. The van der Waals surface area contributed by atoms with E-state index < -0.39 is 0 Å². The quantitative estimate of drug-likeness (QED) is 0.879. The number of pyridine rings is 1. The van der Waals surface area contributed by atoms with Crippen molar-refractivity contribution in [3.8, 4) is 0 Å². The number of carbonyl (C=O) groups is 2. The smallest absolute Gasteiger partial charge is 0.321 e. The summed E-state index contributed by atoms with van der Waals surface area (Å²) in [5, 5.41) is 3.02. The first kappa shape index (κ1) is 19.9. The van der Waals surface area contributed by atoms with Crippen LogP contribution in [0.25, 0.3) is 0 Å². The summed E-state index contributed by atoms with van der Waals surface area (Å²) >= 11 is 0. The summed E-state index contributed by atoms with van der Waals surface area (Å²) in [6.45, 7) is 7.37. The fraction of sp³-hybridized carbons (Fsp3) is 0.409. The third kappa shape index (κ3) is 4.88. The van der Waals surface area contributed by atoms with E-state index in [2.05, 4.69) is 16.4 Å². The van der Waals surface area contributed by atoms with Gasteiger partial charge < -0.3 is 15.1 Å². The molecule has 3 amide bonds. The molecular weight excluding hydrogens is 352 g/mol. The first-order valence-electron chi connectivity index (χ1n) is 9.73. The van der Waals surface area contributed by atoms with Crippen LogP contribution in [-0.4, -0.2) is 45.9 Å². The van der Waals surface area contributed by atoms with Crippen molar-refractivity contribution in [1.29, 1.82) is 0 Å². The van der Waals surface area contributed by atoms with Crippen LogP contribution in [-0.2, 0) is 11.3 Å². The predicted molar refractivity (Wildman–Crippen MR) is 110 cm³/mol. The molecule has 2 heterocycles. The molecule has 1 aliphatic rings. The second-order valence-corrected chi connectivity index (χ2v) is 7.50. The Kier molecular flexibility index (Phi) is 6.29. The lowest BCUT2D eigenvalue weighted by Gasteiger charge is -2.39. The fourth-order valence-electron chi connectivity index (χ4n) is 3.73. The first-order valence-corrected chi connectivity index (χ1v) is 9.73. The van der Waals surface area contributed by atoms with Gasteiger partial charge in [0.05, 0.1) is 0 Å². The van der Waals surface area contributed by atoms with Gasteiger partial charge in [-0.3, -0.25) is 9.78 Å². The maximum absolute atomic E-state index is 12.8. The number of benzene rings is 1. The Hall–Kier alpha value is -2.89. The molecule has 0 aliphatic carbocycles. The molecule has 0 unspecified atom stereocenters. The molecule has 0 bridgehead atoms. The summed E-state index contributed by atoms with van der Waals surface area (Å²) in [5.41, 5.74) is 4.04. The Morgan fingerprint density at radius 3 is 2.79 bits per heavy atom. The van der Waals surface area contributed by atoms with E-state index in [4.69, 9.17) is 0 Å². The molecule has 0 radical (unpaired) electrons. The number of piperidine rings is 1. The average Bonchev–Trinajstić information content (AvgIpc) is 2.69.